The zero-order chi connectivity index (χ0) is 18.2. The van der Waals surface area contributed by atoms with Crippen LogP contribution in [0.5, 0.6) is 11.5 Å². The van der Waals surface area contributed by atoms with Crippen LogP contribution in [0.3, 0.4) is 0 Å². The van der Waals surface area contributed by atoms with E-state index in [1.54, 1.807) is 19.2 Å². The Morgan fingerprint density at radius 3 is 2.44 bits per heavy atom. The second kappa shape index (κ2) is 9.30. The smallest absolute Gasteiger partial charge is 0.258 e. The molecule has 1 N–H and O–H groups in total. The highest BCUT2D eigenvalue weighted by molar-refractivity contribution is 6.32. The van der Waals surface area contributed by atoms with Crippen LogP contribution in [-0.2, 0) is 4.79 Å². The van der Waals surface area contributed by atoms with Crippen LogP contribution in [0.1, 0.15) is 11.6 Å². The summed E-state index contributed by atoms with van der Waals surface area (Å²) in [6, 6.07) is 14.9. The number of benzene rings is 2. The van der Waals surface area contributed by atoms with Crippen LogP contribution in [0.25, 0.3) is 0 Å². The number of halogens is 1. The molecular weight excluding hydrogens is 340 g/mol. The summed E-state index contributed by atoms with van der Waals surface area (Å²) in [7, 11) is 5.58. The lowest BCUT2D eigenvalue weighted by atomic mass is 10.1. The summed E-state index contributed by atoms with van der Waals surface area (Å²) in [5.74, 6) is 1.11. The Balaban J connectivity index is 1.89. The number of likely N-dealkylation sites (N-methyl/N-ethyl adjacent to an activating group) is 1. The third kappa shape index (κ3) is 5.66. The van der Waals surface area contributed by atoms with E-state index in [4.69, 9.17) is 21.1 Å². The number of amides is 1. The fourth-order valence-electron chi connectivity index (χ4n) is 2.39. The normalized spacial score (nSPS) is 11.9. The van der Waals surface area contributed by atoms with Gasteiger partial charge in [-0.1, -0.05) is 35.9 Å². The Morgan fingerprint density at radius 1 is 1.16 bits per heavy atom. The monoisotopic (exact) mass is 362 g/mol. The number of hydrogen-bond acceptors (Lipinski definition) is 4. The van der Waals surface area contributed by atoms with Gasteiger partial charge in [0.1, 0.15) is 11.5 Å². The van der Waals surface area contributed by atoms with E-state index >= 15 is 0 Å². The van der Waals surface area contributed by atoms with E-state index in [1.165, 1.54) is 0 Å². The van der Waals surface area contributed by atoms with Crippen LogP contribution in [0.2, 0.25) is 5.02 Å². The standard InChI is InChI=1S/C19H23ClN2O3/c1-22(2)17(14-8-10-15(24-3)11-9-14)12-21-19(23)13-25-18-7-5-4-6-16(18)20/h4-11,17H,12-13H2,1-3H3,(H,21,23)/t17-/m1/s1. The highest BCUT2D eigenvalue weighted by Crippen LogP contribution is 2.23. The number of carbonyl (C=O) groups is 1. The lowest BCUT2D eigenvalue weighted by Crippen LogP contribution is -2.36. The Morgan fingerprint density at radius 2 is 1.84 bits per heavy atom. The van der Waals surface area contributed by atoms with Gasteiger partial charge in [-0.15, -0.1) is 0 Å². The highest BCUT2D eigenvalue weighted by Gasteiger charge is 2.16. The predicted molar refractivity (Wildman–Crippen MR) is 99.4 cm³/mol. The Labute approximate surface area is 153 Å². The zero-order valence-electron chi connectivity index (χ0n) is 14.7. The molecule has 2 rings (SSSR count). The molecule has 0 bridgehead atoms. The van der Waals surface area contributed by atoms with Crippen LogP contribution in [0.4, 0.5) is 0 Å². The molecule has 0 fully saturated rings. The molecular formula is C19H23ClN2O3. The van der Waals surface area contributed by atoms with Gasteiger partial charge in [0.2, 0.25) is 0 Å². The van der Waals surface area contributed by atoms with Gasteiger partial charge in [-0.3, -0.25) is 4.79 Å². The molecule has 6 heteroatoms. The van der Waals surface area contributed by atoms with Crippen molar-refractivity contribution in [2.45, 2.75) is 6.04 Å². The van der Waals surface area contributed by atoms with Gasteiger partial charge in [0.25, 0.3) is 5.91 Å². The second-order valence-electron chi connectivity index (χ2n) is 5.78. The van der Waals surface area contributed by atoms with Crippen molar-refractivity contribution in [1.29, 1.82) is 0 Å². The average molecular weight is 363 g/mol. The van der Waals surface area contributed by atoms with Gasteiger partial charge in [-0.2, -0.15) is 0 Å². The van der Waals surface area contributed by atoms with Crippen molar-refractivity contribution in [1.82, 2.24) is 10.2 Å². The number of methoxy groups -OCH3 is 1. The maximum Gasteiger partial charge on any atom is 0.258 e. The van der Waals surface area contributed by atoms with E-state index in [2.05, 4.69) is 10.2 Å². The third-order valence-electron chi connectivity index (χ3n) is 3.81. The quantitative estimate of drug-likeness (QED) is 0.783. The Bertz CT molecular complexity index is 689. The first-order chi connectivity index (χ1) is 12.0. The molecule has 1 amide bonds. The zero-order valence-corrected chi connectivity index (χ0v) is 15.4. The van der Waals surface area contributed by atoms with E-state index in [0.717, 1.165) is 11.3 Å². The van der Waals surface area contributed by atoms with E-state index in [9.17, 15) is 4.79 Å². The van der Waals surface area contributed by atoms with E-state index in [0.29, 0.717) is 17.3 Å². The minimum atomic E-state index is -0.194. The molecule has 5 nitrogen and oxygen atoms in total. The number of para-hydroxylation sites is 1. The molecule has 0 unspecified atom stereocenters. The van der Waals surface area contributed by atoms with Crippen LogP contribution < -0.4 is 14.8 Å². The molecule has 2 aromatic carbocycles. The van der Waals surface area contributed by atoms with Crippen molar-refractivity contribution in [2.75, 3.05) is 34.4 Å². The molecule has 0 saturated heterocycles. The van der Waals surface area contributed by atoms with Gasteiger partial charge < -0.3 is 19.7 Å². The molecule has 0 aliphatic rings. The number of nitrogens with one attached hydrogen (secondary N) is 1. The van der Waals surface area contributed by atoms with Gasteiger partial charge in [-0.05, 0) is 43.9 Å². The maximum absolute atomic E-state index is 12.1. The van der Waals surface area contributed by atoms with Gasteiger partial charge >= 0.3 is 0 Å². The molecule has 25 heavy (non-hydrogen) atoms. The van der Waals surface area contributed by atoms with Gasteiger partial charge in [-0.25, -0.2) is 0 Å². The molecule has 2 aromatic rings. The first kappa shape index (κ1) is 19.1. The minimum Gasteiger partial charge on any atom is -0.497 e. The minimum absolute atomic E-state index is 0.0511. The van der Waals surface area contributed by atoms with Crippen LogP contribution >= 0.6 is 11.6 Å². The summed E-state index contributed by atoms with van der Waals surface area (Å²) >= 11 is 6.01. The Hall–Kier alpha value is -2.24. The van der Waals surface area contributed by atoms with Gasteiger partial charge in [0.15, 0.2) is 6.61 Å². The van der Waals surface area contributed by atoms with E-state index in [1.807, 2.05) is 50.5 Å². The molecule has 1 atom stereocenters. The number of ether oxygens (including phenoxy) is 2. The van der Waals surface area contributed by atoms with Gasteiger partial charge in [0.05, 0.1) is 18.2 Å². The largest absolute Gasteiger partial charge is 0.497 e. The first-order valence-corrected chi connectivity index (χ1v) is 8.33. The number of rotatable bonds is 8. The molecule has 0 aliphatic heterocycles. The predicted octanol–water partition coefficient (Wildman–Crippen LogP) is 3.15. The van der Waals surface area contributed by atoms with Crippen molar-refractivity contribution in [2.24, 2.45) is 0 Å². The molecule has 0 spiro atoms. The summed E-state index contributed by atoms with van der Waals surface area (Å²) in [4.78, 5) is 14.1. The lowest BCUT2D eigenvalue weighted by molar-refractivity contribution is -0.123. The highest BCUT2D eigenvalue weighted by atomic mass is 35.5. The number of hydrogen-bond donors (Lipinski definition) is 1. The molecule has 0 heterocycles. The van der Waals surface area contributed by atoms with E-state index < -0.39 is 0 Å². The maximum atomic E-state index is 12.1. The van der Waals surface area contributed by atoms with Crippen molar-refractivity contribution >= 4 is 17.5 Å². The summed E-state index contributed by atoms with van der Waals surface area (Å²) < 4.78 is 10.6. The SMILES string of the molecule is COc1ccc([C@@H](CNC(=O)COc2ccccc2Cl)N(C)C)cc1. The van der Waals surface area contributed by atoms with Crippen molar-refractivity contribution in [3.05, 3.63) is 59.1 Å². The third-order valence-corrected chi connectivity index (χ3v) is 4.12. The summed E-state index contributed by atoms with van der Waals surface area (Å²) in [5, 5.41) is 3.39. The summed E-state index contributed by atoms with van der Waals surface area (Å²) in [6.07, 6.45) is 0. The number of nitrogens with zero attached hydrogens (tertiary/aromatic N) is 1. The van der Waals surface area contributed by atoms with Gasteiger partial charge in [0, 0.05) is 6.54 Å². The van der Waals surface area contributed by atoms with Crippen LogP contribution in [-0.4, -0.2) is 45.2 Å². The second-order valence-corrected chi connectivity index (χ2v) is 6.18. The lowest BCUT2D eigenvalue weighted by Gasteiger charge is -2.25. The Kier molecular flexibility index (Phi) is 7.10. The van der Waals surface area contributed by atoms with Crippen molar-refractivity contribution in [3.63, 3.8) is 0 Å². The molecule has 0 aliphatic carbocycles. The summed E-state index contributed by atoms with van der Waals surface area (Å²) in [5.41, 5.74) is 1.10. The van der Waals surface area contributed by atoms with Crippen molar-refractivity contribution < 1.29 is 14.3 Å². The molecule has 0 saturated carbocycles. The topological polar surface area (TPSA) is 50.8 Å². The fourth-order valence-corrected chi connectivity index (χ4v) is 2.58. The first-order valence-electron chi connectivity index (χ1n) is 7.95. The average Bonchev–Trinajstić information content (AvgIpc) is 2.61. The molecule has 0 radical (unpaired) electrons. The molecule has 0 aromatic heterocycles. The van der Waals surface area contributed by atoms with Crippen LogP contribution in [0.15, 0.2) is 48.5 Å². The van der Waals surface area contributed by atoms with Crippen LogP contribution in [0, 0.1) is 0 Å². The fraction of sp³-hybridized carbons (Fsp3) is 0.316. The van der Waals surface area contributed by atoms with Crippen molar-refractivity contribution in [3.8, 4) is 11.5 Å². The molecule has 134 valence electrons. The van der Waals surface area contributed by atoms with E-state index in [-0.39, 0.29) is 18.6 Å². The number of carbonyl (C=O) groups excluding carboxylic acids is 1. The summed E-state index contributed by atoms with van der Waals surface area (Å²) in [6.45, 7) is 0.399.